The molecule has 0 radical (unpaired) electrons. The second-order valence-electron chi connectivity index (χ2n) is 4.46. The highest BCUT2D eigenvalue weighted by Gasteiger charge is 2.47. The van der Waals surface area contributed by atoms with E-state index in [2.05, 4.69) is 0 Å². The van der Waals surface area contributed by atoms with Gasteiger partial charge in [-0.15, -0.1) is 0 Å². The Kier molecular flexibility index (Phi) is 5.50. The van der Waals surface area contributed by atoms with Crippen molar-refractivity contribution in [1.82, 2.24) is 0 Å². The van der Waals surface area contributed by atoms with E-state index >= 15 is 0 Å². The molecule has 4 heteroatoms. The van der Waals surface area contributed by atoms with E-state index in [1.54, 1.807) is 32.1 Å². The summed E-state index contributed by atoms with van der Waals surface area (Å²) in [7, 11) is 1.37. The zero-order valence-electron chi connectivity index (χ0n) is 12.3. The molecule has 1 rings (SSSR count). The van der Waals surface area contributed by atoms with E-state index in [1.165, 1.54) is 13.2 Å². The molecule has 0 aromatic carbocycles. The zero-order chi connectivity index (χ0) is 15.2. The Bertz CT molecular complexity index is 509. The lowest BCUT2D eigenvalue weighted by Gasteiger charge is -2.18. The van der Waals surface area contributed by atoms with Crippen LogP contribution in [0.1, 0.15) is 27.2 Å². The summed E-state index contributed by atoms with van der Waals surface area (Å²) in [5, 5.41) is 0. The maximum absolute atomic E-state index is 12.4. The average molecular weight is 276 g/mol. The van der Waals surface area contributed by atoms with E-state index in [-0.39, 0.29) is 11.5 Å². The second kappa shape index (κ2) is 6.89. The maximum Gasteiger partial charge on any atom is 0.295 e. The minimum absolute atomic E-state index is 0.0234. The number of ether oxygens (including phenoxy) is 2. The summed E-state index contributed by atoms with van der Waals surface area (Å²) in [6.07, 6.45) is 10.9. The molecule has 0 aromatic heterocycles. The zero-order valence-corrected chi connectivity index (χ0v) is 12.3. The molecule has 1 unspecified atom stereocenters. The first-order valence-corrected chi connectivity index (χ1v) is 6.53. The number of allylic oxidation sites excluding steroid dienone is 5. The van der Waals surface area contributed by atoms with Gasteiger partial charge in [0.05, 0.1) is 7.11 Å². The summed E-state index contributed by atoms with van der Waals surface area (Å²) in [5.74, 6) is -0.820. The number of hydrogen-bond acceptors (Lipinski definition) is 4. The molecule has 20 heavy (non-hydrogen) atoms. The summed E-state index contributed by atoms with van der Waals surface area (Å²) >= 11 is 0. The van der Waals surface area contributed by atoms with Crippen molar-refractivity contribution in [1.29, 1.82) is 0 Å². The summed E-state index contributed by atoms with van der Waals surface area (Å²) < 4.78 is 10.5. The molecule has 0 saturated carbocycles. The Morgan fingerprint density at radius 3 is 2.65 bits per heavy atom. The fourth-order valence-electron chi connectivity index (χ4n) is 1.79. The molecule has 0 amide bonds. The van der Waals surface area contributed by atoms with Crippen LogP contribution >= 0.6 is 0 Å². The van der Waals surface area contributed by atoms with Crippen LogP contribution in [0.3, 0.4) is 0 Å². The average Bonchev–Trinajstić information content (AvgIpc) is 2.68. The Balaban J connectivity index is 3.04. The first-order chi connectivity index (χ1) is 9.50. The highest BCUT2D eigenvalue weighted by molar-refractivity contribution is 6.28. The standard InChI is InChI=1S/C16H20O4/c1-5-7-8-9-11-16(3)14(18)13(12(17)10-6-2)15(19-4)20-16/h6-11H,5H2,1-4H3. The Morgan fingerprint density at radius 2 is 2.10 bits per heavy atom. The summed E-state index contributed by atoms with van der Waals surface area (Å²) in [6, 6.07) is 0. The number of hydrogen-bond donors (Lipinski definition) is 0. The molecule has 0 aliphatic carbocycles. The number of Topliss-reactive ketones (excluding diaryl/α,β-unsaturated/α-hetero) is 1. The van der Waals surface area contributed by atoms with Gasteiger partial charge >= 0.3 is 0 Å². The van der Waals surface area contributed by atoms with Gasteiger partial charge in [0.25, 0.3) is 5.95 Å². The summed E-state index contributed by atoms with van der Waals surface area (Å²) in [5.41, 5.74) is -1.24. The number of methoxy groups -OCH3 is 1. The van der Waals surface area contributed by atoms with E-state index in [0.717, 1.165) is 6.42 Å². The molecule has 0 fully saturated rings. The third-order valence-electron chi connectivity index (χ3n) is 2.83. The molecule has 0 saturated heterocycles. The summed E-state index contributed by atoms with van der Waals surface area (Å²) in [4.78, 5) is 24.3. The van der Waals surface area contributed by atoms with Crippen LogP contribution in [-0.2, 0) is 19.1 Å². The lowest BCUT2D eigenvalue weighted by atomic mass is 9.94. The van der Waals surface area contributed by atoms with Crippen molar-refractivity contribution in [3.63, 3.8) is 0 Å². The van der Waals surface area contributed by atoms with Gasteiger partial charge in [0.2, 0.25) is 5.78 Å². The lowest BCUT2D eigenvalue weighted by Crippen LogP contribution is -2.32. The highest BCUT2D eigenvalue weighted by Crippen LogP contribution is 2.32. The van der Waals surface area contributed by atoms with E-state index in [0.29, 0.717) is 0 Å². The fraction of sp³-hybridized carbons (Fsp3) is 0.375. The summed E-state index contributed by atoms with van der Waals surface area (Å²) in [6.45, 7) is 5.34. The van der Waals surface area contributed by atoms with Crippen molar-refractivity contribution in [2.75, 3.05) is 7.11 Å². The monoisotopic (exact) mass is 276 g/mol. The molecular weight excluding hydrogens is 256 g/mol. The predicted molar refractivity (Wildman–Crippen MR) is 76.9 cm³/mol. The quantitative estimate of drug-likeness (QED) is 0.425. The minimum Gasteiger partial charge on any atom is -0.468 e. The van der Waals surface area contributed by atoms with Gasteiger partial charge in [-0.1, -0.05) is 31.2 Å². The predicted octanol–water partition coefficient (Wildman–Crippen LogP) is 2.87. The topological polar surface area (TPSA) is 52.6 Å². The number of carbonyl (C=O) groups excluding carboxylic acids is 2. The van der Waals surface area contributed by atoms with E-state index in [1.807, 2.05) is 19.1 Å². The van der Waals surface area contributed by atoms with Crippen molar-refractivity contribution in [2.45, 2.75) is 32.8 Å². The maximum atomic E-state index is 12.4. The van der Waals surface area contributed by atoms with Gasteiger partial charge in [0.1, 0.15) is 5.57 Å². The van der Waals surface area contributed by atoms with Crippen LogP contribution in [0, 0.1) is 0 Å². The number of rotatable bonds is 6. The third-order valence-corrected chi connectivity index (χ3v) is 2.83. The SMILES string of the molecule is CC=CC(=O)C1=C(OC)OC(C)(C=CC=CCC)C1=O. The van der Waals surface area contributed by atoms with E-state index in [9.17, 15) is 9.59 Å². The van der Waals surface area contributed by atoms with Crippen LogP contribution in [0.25, 0.3) is 0 Å². The lowest BCUT2D eigenvalue weighted by molar-refractivity contribution is -0.128. The van der Waals surface area contributed by atoms with Crippen LogP contribution in [-0.4, -0.2) is 24.3 Å². The first kappa shape index (κ1) is 16.0. The van der Waals surface area contributed by atoms with E-state index in [4.69, 9.17) is 9.47 Å². The van der Waals surface area contributed by atoms with Crippen LogP contribution in [0.5, 0.6) is 0 Å². The van der Waals surface area contributed by atoms with Crippen molar-refractivity contribution in [2.24, 2.45) is 0 Å². The molecule has 1 aliphatic rings. The largest absolute Gasteiger partial charge is 0.468 e. The van der Waals surface area contributed by atoms with Gasteiger partial charge in [-0.2, -0.15) is 0 Å². The van der Waals surface area contributed by atoms with Gasteiger partial charge < -0.3 is 9.47 Å². The van der Waals surface area contributed by atoms with Crippen molar-refractivity contribution >= 4 is 11.6 Å². The molecule has 0 bridgehead atoms. The molecule has 1 aliphatic heterocycles. The smallest absolute Gasteiger partial charge is 0.295 e. The van der Waals surface area contributed by atoms with Gasteiger partial charge in [0, 0.05) is 0 Å². The first-order valence-electron chi connectivity index (χ1n) is 6.53. The molecule has 4 nitrogen and oxygen atoms in total. The van der Waals surface area contributed by atoms with Crippen LogP contribution in [0.15, 0.2) is 48.0 Å². The third kappa shape index (κ3) is 3.26. The Labute approximate surface area is 119 Å². The van der Waals surface area contributed by atoms with Crippen molar-refractivity contribution < 1.29 is 19.1 Å². The van der Waals surface area contributed by atoms with Gasteiger partial charge in [-0.3, -0.25) is 9.59 Å². The normalized spacial score (nSPS) is 23.3. The van der Waals surface area contributed by atoms with Gasteiger partial charge in [-0.05, 0) is 32.4 Å². The molecule has 1 heterocycles. The van der Waals surface area contributed by atoms with Crippen molar-refractivity contribution in [3.8, 4) is 0 Å². The molecule has 0 spiro atoms. The minimum atomic E-state index is -1.20. The molecular formula is C16H20O4. The van der Waals surface area contributed by atoms with Crippen LogP contribution in [0.4, 0.5) is 0 Å². The van der Waals surface area contributed by atoms with Crippen LogP contribution < -0.4 is 0 Å². The number of ketones is 2. The Hall–Kier alpha value is -2.10. The Morgan fingerprint density at radius 1 is 1.40 bits per heavy atom. The number of carbonyl (C=O) groups is 2. The molecule has 1 atom stereocenters. The molecule has 108 valence electrons. The fourth-order valence-corrected chi connectivity index (χ4v) is 1.79. The van der Waals surface area contributed by atoms with Crippen LogP contribution in [0.2, 0.25) is 0 Å². The van der Waals surface area contributed by atoms with E-state index < -0.39 is 17.2 Å². The van der Waals surface area contributed by atoms with Crippen molar-refractivity contribution in [3.05, 3.63) is 48.0 Å². The highest BCUT2D eigenvalue weighted by atomic mass is 16.7. The van der Waals surface area contributed by atoms with Gasteiger partial charge in [0.15, 0.2) is 11.4 Å². The second-order valence-corrected chi connectivity index (χ2v) is 4.46. The molecule has 0 N–H and O–H groups in total. The molecule has 0 aromatic rings. The van der Waals surface area contributed by atoms with Gasteiger partial charge in [-0.25, -0.2) is 0 Å².